The van der Waals surface area contributed by atoms with Crippen LogP contribution in [0.25, 0.3) is 0 Å². The van der Waals surface area contributed by atoms with Gasteiger partial charge < -0.3 is 49.6 Å². The number of ether oxygens (including phenoxy) is 4. The molecule has 12 heteroatoms. The van der Waals surface area contributed by atoms with E-state index in [2.05, 4.69) is 0 Å². The molecular formula is C26H40O12. The van der Waals surface area contributed by atoms with Crippen LogP contribution in [-0.2, 0) is 28.5 Å². The van der Waals surface area contributed by atoms with Gasteiger partial charge in [-0.05, 0) is 51.9 Å². The summed E-state index contributed by atoms with van der Waals surface area (Å²) in [5.41, 5.74) is -0.966. The first-order chi connectivity index (χ1) is 17.9. The largest absolute Gasteiger partial charge is 0.478 e. The number of esters is 1. The maximum atomic E-state index is 12.4. The summed E-state index contributed by atoms with van der Waals surface area (Å²) in [5, 5.41) is 60.6. The minimum absolute atomic E-state index is 0.00395. The number of aliphatic carboxylic acids is 1. The van der Waals surface area contributed by atoms with Gasteiger partial charge in [0.2, 0.25) is 6.29 Å². The van der Waals surface area contributed by atoms with E-state index in [1.165, 1.54) is 0 Å². The number of carbonyl (C=O) groups excluding carboxylic acids is 1. The number of aliphatic hydroxyl groups excluding tert-OH is 4. The Balaban J connectivity index is 1.63. The average molecular weight is 545 g/mol. The number of carbonyl (C=O) groups is 2. The number of allylic oxidation sites excluding steroid dienone is 1. The number of hydrogen-bond acceptors (Lipinski definition) is 11. The van der Waals surface area contributed by atoms with Crippen molar-refractivity contribution in [2.45, 2.75) is 95.5 Å². The second kappa shape index (κ2) is 12.9. The summed E-state index contributed by atoms with van der Waals surface area (Å²) in [6, 6.07) is 0. The topological polar surface area (TPSA) is 192 Å². The third kappa shape index (κ3) is 6.92. The van der Waals surface area contributed by atoms with E-state index in [1.807, 2.05) is 6.92 Å². The lowest BCUT2D eigenvalue weighted by Crippen LogP contribution is -2.61. The average Bonchev–Trinajstić information content (AvgIpc) is 3.18. The van der Waals surface area contributed by atoms with E-state index in [4.69, 9.17) is 24.1 Å². The number of rotatable bonds is 11. The van der Waals surface area contributed by atoms with Crippen molar-refractivity contribution in [1.82, 2.24) is 0 Å². The van der Waals surface area contributed by atoms with Crippen molar-refractivity contribution in [2.75, 3.05) is 13.2 Å². The zero-order chi connectivity index (χ0) is 28.2. The van der Waals surface area contributed by atoms with E-state index in [-0.39, 0.29) is 12.2 Å². The Morgan fingerprint density at radius 1 is 1.18 bits per heavy atom. The van der Waals surface area contributed by atoms with Gasteiger partial charge in [0, 0.05) is 18.1 Å². The fourth-order valence-electron chi connectivity index (χ4n) is 5.30. The van der Waals surface area contributed by atoms with Gasteiger partial charge in [0.25, 0.3) is 0 Å². The zero-order valence-corrected chi connectivity index (χ0v) is 21.9. The van der Waals surface area contributed by atoms with Crippen LogP contribution in [0.15, 0.2) is 23.5 Å². The molecule has 3 rings (SSSR count). The Morgan fingerprint density at radius 2 is 1.89 bits per heavy atom. The zero-order valence-electron chi connectivity index (χ0n) is 21.9. The lowest BCUT2D eigenvalue weighted by atomic mass is 9.81. The number of carboxylic acids is 1. The van der Waals surface area contributed by atoms with E-state index in [9.17, 15) is 35.1 Å². The number of hydrogen-bond donors (Lipinski definition) is 6. The van der Waals surface area contributed by atoms with Gasteiger partial charge in [-0.15, -0.1) is 0 Å². The van der Waals surface area contributed by atoms with Crippen LogP contribution in [0.5, 0.6) is 0 Å². The Bertz CT molecular complexity index is 899. The maximum absolute atomic E-state index is 12.4. The van der Waals surface area contributed by atoms with Crippen LogP contribution in [-0.4, -0.2) is 98.4 Å². The van der Waals surface area contributed by atoms with Gasteiger partial charge in [0.05, 0.1) is 23.4 Å². The van der Waals surface area contributed by atoms with Crippen molar-refractivity contribution in [3.8, 4) is 0 Å². The van der Waals surface area contributed by atoms with Crippen LogP contribution < -0.4 is 0 Å². The molecule has 0 unspecified atom stereocenters. The Morgan fingerprint density at radius 3 is 2.55 bits per heavy atom. The first-order valence-electron chi connectivity index (χ1n) is 13.0. The molecule has 0 amide bonds. The fourth-order valence-corrected chi connectivity index (χ4v) is 5.30. The predicted octanol–water partition coefficient (Wildman–Crippen LogP) is 0.201. The van der Waals surface area contributed by atoms with Crippen LogP contribution >= 0.6 is 0 Å². The highest BCUT2D eigenvalue weighted by Gasteiger charge is 2.56. The Labute approximate surface area is 221 Å². The molecule has 1 saturated heterocycles. The summed E-state index contributed by atoms with van der Waals surface area (Å²) >= 11 is 0. The van der Waals surface area contributed by atoms with E-state index < -0.39 is 73.0 Å². The molecule has 0 spiro atoms. The highest BCUT2D eigenvalue weighted by Crippen LogP contribution is 2.49. The molecule has 2 fully saturated rings. The molecule has 0 aromatic carbocycles. The fraction of sp³-hybridized carbons (Fsp3) is 0.769. The van der Waals surface area contributed by atoms with Crippen molar-refractivity contribution < 1.29 is 59.2 Å². The number of fused-ring (bicyclic) bond motifs is 1. The molecule has 0 bridgehead atoms. The molecule has 0 aromatic heterocycles. The van der Waals surface area contributed by atoms with E-state index in [0.29, 0.717) is 37.2 Å². The predicted molar refractivity (Wildman–Crippen MR) is 130 cm³/mol. The summed E-state index contributed by atoms with van der Waals surface area (Å²) in [5.74, 6) is -2.86. The van der Waals surface area contributed by atoms with Gasteiger partial charge in [-0.1, -0.05) is 13.0 Å². The summed E-state index contributed by atoms with van der Waals surface area (Å²) in [4.78, 5) is 24.0. The molecule has 10 atom stereocenters. The lowest BCUT2D eigenvalue weighted by molar-refractivity contribution is -0.346. The van der Waals surface area contributed by atoms with Gasteiger partial charge in [-0.2, -0.15) is 0 Å². The van der Waals surface area contributed by atoms with Crippen molar-refractivity contribution in [1.29, 1.82) is 0 Å². The normalized spacial score (nSPS) is 38.1. The maximum Gasteiger partial charge on any atom is 0.334 e. The molecule has 0 radical (unpaired) electrons. The molecule has 2 aliphatic heterocycles. The molecule has 0 aromatic rings. The molecule has 12 nitrogen and oxygen atoms in total. The molecule has 6 N–H and O–H groups in total. The lowest BCUT2D eigenvalue weighted by Gasteiger charge is -2.44. The standard InChI is InChI=1S/C26H40O12/c1-13(8-10-27)5-4-6-14(2)23(33)35-12-17-19(28)20(29)21(30)25(37-17)38-24-18-15(7-9-26(18,3)34)16(11-36-24)22(31)32/h6,11,13,15,17-21,24-25,27-30,34H,4-5,7-10,12H2,1-3H3,(H,31,32)/b14-6+/t13-,15-,17-,18-,19+,20+,21+,24+,25+,26+/m1/s1. The summed E-state index contributed by atoms with van der Waals surface area (Å²) in [6.07, 6.45) is -3.40. The van der Waals surface area contributed by atoms with Crippen LogP contribution in [0, 0.1) is 17.8 Å². The molecular weight excluding hydrogens is 504 g/mol. The van der Waals surface area contributed by atoms with Gasteiger partial charge in [0.15, 0.2) is 6.29 Å². The van der Waals surface area contributed by atoms with Gasteiger partial charge >= 0.3 is 11.9 Å². The third-order valence-electron chi connectivity index (χ3n) is 7.75. The molecule has 1 aliphatic carbocycles. The van der Waals surface area contributed by atoms with Crippen LogP contribution in [0.2, 0.25) is 0 Å². The summed E-state index contributed by atoms with van der Waals surface area (Å²) < 4.78 is 22.2. The van der Waals surface area contributed by atoms with E-state index >= 15 is 0 Å². The van der Waals surface area contributed by atoms with Gasteiger partial charge in [-0.25, -0.2) is 9.59 Å². The first-order valence-corrected chi connectivity index (χ1v) is 13.0. The molecule has 3 aliphatic rings. The summed E-state index contributed by atoms with van der Waals surface area (Å²) in [7, 11) is 0. The highest BCUT2D eigenvalue weighted by atomic mass is 16.8. The van der Waals surface area contributed by atoms with E-state index in [0.717, 1.165) is 12.7 Å². The molecule has 38 heavy (non-hydrogen) atoms. The summed E-state index contributed by atoms with van der Waals surface area (Å²) in [6.45, 7) is 4.81. The Hall–Kier alpha value is -2.06. The van der Waals surface area contributed by atoms with Crippen molar-refractivity contribution in [3.63, 3.8) is 0 Å². The van der Waals surface area contributed by atoms with Crippen molar-refractivity contribution in [3.05, 3.63) is 23.5 Å². The molecule has 2 heterocycles. The second-order valence-electron chi connectivity index (χ2n) is 10.7. The smallest absolute Gasteiger partial charge is 0.334 e. The SMILES string of the molecule is C/C(=C\CC[C@@H](C)CCO)C(=O)OC[C@H]1O[C@@H](O[C@@H]2OC=C(C(=O)O)[C@H]3CC[C@](C)(O)[C@@H]23)[C@@H](O)[C@@H](O)[C@H]1O. The Kier molecular flexibility index (Phi) is 10.3. The minimum Gasteiger partial charge on any atom is -0.478 e. The van der Waals surface area contributed by atoms with Gasteiger partial charge in [-0.3, -0.25) is 0 Å². The van der Waals surface area contributed by atoms with Crippen LogP contribution in [0.4, 0.5) is 0 Å². The van der Waals surface area contributed by atoms with Crippen LogP contribution in [0.3, 0.4) is 0 Å². The first kappa shape index (κ1) is 30.5. The molecule has 216 valence electrons. The number of aliphatic hydroxyl groups is 5. The van der Waals surface area contributed by atoms with Crippen molar-refractivity contribution in [2.24, 2.45) is 17.8 Å². The van der Waals surface area contributed by atoms with Gasteiger partial charge in [0.1, 0.15) is 31.0 Å². The number of carboxylic acid groups (broad SMARTS) is 1. The second-order valence-corrected chi connectivity index (χ2v) is 10.7. The third-order valence-corrected chi connectivity index (χ3v) is 7.75. The van der Waals surface area contributed by atoms with Crippen LogP contribution in [0.1, 0.15) is 52.9 Å². The molecule has 1 saturated carbocycles. The highest BCUT2D eigenvalue weighted by molar-refractivity contribution is 5.88. The van der Waals surface area contributed by atoms with Crippen molar-refractivity contribution >= 4 is 11.9 Å². The minimum atomic E-state index is -1.70. The quantitative estimate of drug-likeness (QED) is 0.153. The monoisotopic (exact) mass is 544 g/mol. The van der Waals surface area contributed by atoms with E-state index in [1.54, 1.807) is 19.9 Å².